The first-order chi connectivity index (χ1) is 17.3. The molecule has 188 valence electrons. The molecule has 0 aromatic heterocycles. The van der Waals surface area contributed by atoms with Crippen LogP contribution in [0.4, 0.5) is 5.69 Å². The Kier molecular flexibility index (Phi) is 7.56. The van der Waals surface area contributed by atoms with Crippen molar-refractivity contribution in [2.24, 2.45) is 0 Å². The number of carbonyl (C=O) groups is 2. The highest BCUT2D eigenvalue weighted by Crippen LogP contribution is 2.35. The van der Waals surface area contributed by atoms with E-state index in [1.54, 1.807) is 24.3 Å². The summed E-state index contributed by atoms with van der Waals surface area (Å²) in [7, 11) is -1.25. The van der Waals surface area contributed by atoms with Crippen LogP contribution in [-0.4, -0.2) is 53.6 Å². The number of amides is 2. The van der Waals surface area contributed by atoms with E-state index in [9.17, 15) is 18.0 Å². The lowest BCUT2D eigenvalue weighted by atomic mass is 10.1. The number of hydrogen-bond donors (Lipinski definition) is 2. The molecule has 0 radical (unpaired) electrons. The van der Waals surface area contributed by atoms with Crippen molar-refractivity contribution in [3.05, 3.63) is 83.9 Å². The van der Waals surface area contributed by atoms with Gasteiger partial charge in [0, 0.05) is 12.1 Å². The summed E-state index contributed by atoms with van der Waals surface area (Å²) >= 11 is 0. The molecule has 0 aliphatic carbocycles. The summed E-state index contributed by atoms with van der Waals surface area (Å²) in [6, 6.07) is 20.9. The van der Waals surface area contributed by atoms with Crippen molar-refractivity contribution in [3.63, 3.8) is 0 Å². The standard InChI is InChI=1S/C26H27N3O6S/c1-27-36(32,33)24-16-19(12-13-22(24)34-2)26(31)29-17-23(35-21-11-7-6-10-20(21)29)25(30)28-15-14-18-8-4-3-5-9-18/h3-13,16,23,27H,14-15,17H2,1-2H3,(H,28,30)/t23-/m1/s1. The van der Waals surface area contributed by atoms with Crippen LogP contribution in [0.5, 0.6) is 11.5 Å². The highest BCUT2D eigenvalue weighted by atomic mass is 32.2. The number of benzene rings is 3. The summed E-state index contributed by atoms with van der Waals surface area (Å²) in [5.41, 5.74) is 1.71. The number of methoxy groups -OCH3 is 1. The minimum Gasteiger partial charge on any atom is -0.495 e. The Morgan fingerprint density at radius 3 is 2.50 bits per heavy atom. The molecule has 0 unspecified atom stereocenters. The van der Waals surface area contributed by atoms with E-state index in [0.29, 0.717) is 24.4 Å². The third kappa shape index (κ3) is 5.34. The lowest BCUT2D eigenvalue weighted by molar-refractivity contribution is -0.127. The molecule has 1 aliphatic rings. The quantitative estimate of drug-likeness (QED) is 0.482. The first-order valence-electron chi connectivity index (χ1n) is 11.3. The lowest BCUT2D eigenvalue weighted by Crippen LogP contribution is -2.51. The third-order valence-electron chi connectivity index (χ3n) is 5.84. The van der Waals surface area contributed by atoms with Crippen molar-refractivity contribution in [2.45, 2.75) is 17.4 Å². The predicted octanol–water partition coefficient (Wildman–Crippen LogP) is 2.37. The van der Waals surface area contributed by atoms with Gasteiger partial charge >= 0.3 is 0 Å². The Labute approximate surface area is 210 Å². The van der Waals surface area contributed by atoms with Gasteiger partial charge in [-0.1, -0.05) is 42.5 Å². The van der Waals surface area contributed by atoms with Crippen molar-refractivity contribution in [3.8, 4) is 11.5 Å². The molecule has 1 atom stereocenters. The van der Waals surface area contributed by atoms with Crippen molar-refractivity contribution >= 4 is 27.5 Å². The van der Waals surface area contributed by atoms with Gasteiger partial charge in [0.05, 0.1) is 19.3 Å². The third-order valence-corrected chi connectivity index (χ3v) is 7.27. The zero-order valence-corrected chi connectivity index (χ0v) is 20.7. The second-order valence-corrected chi connectivity index (χ2v) is 9.94. The van der Waals surface area contributed by atoms with Gasteiger partial charge in [-0.05, 0) is 49.4 Å². The highest BCUT2D eigenvalue weighted by Gasteiger charge is 2.34. The van der Waals surface area contributed by atoms with Crippen molar-refractivity contribution in [1.29, 1.82) is 0 Å². The highest BCUT2D eigenvalue weighted by molar-refractivity contribution is 7.89. The van der Waals surface area contributed by atoms with E-state index >= 15 is 0 Å². The lowest BCUT2D eigenvalue weighted by Gasteiger charge is -2.34. The first-order valence-corrected chi connectivity index (χ1v) is 12.8. The van der Waals surface area contributed by atoms with E-state index in [-0.39, 0.29) is 28.7 Å². The largest absolute Gasteiger partial charge is 0.495 e. The maximum absolute atomic E-state index is 13.6. The first kappa shape index (κ1) is 25.2. The molecular formula is C26H27N3O6S. The molecule has 2 amide bonds. The van der Waals surface area contributed by atoms with Crippen LogP contribution in [0.15, 0.2) is 77.7 Å². The van der Waals surface area contributed by atoms with Crippen LogP contribution in [0.2, 0.25) is 0 Å². The van der Waals surface area contributed by atoms with Crippen LogP contribution in [0, 0.1) is 0 Å². The number of hydrogen-bond acceptors (Lipinski definition) is 6. The number of sulfonamides is 1. The number of anilines is 1. The van der Waals surface area contributed by atoms with Gasteiger partial charge in [0.25, 0.3) is 11.8 Å². The molecule has 36 heavy (non-hydrogen) atoms. The van der Waals surface area contributed by atoms with E-state index in [4.69, 9.17) is 9.47 Å². The molecule has 3 aromatic carbocycles. The van der Waals surface area contributed by atoms with Crippen LogP contribution in [0.1, 0.15) is 15.9 Å². The second-order valence-electron chi connectivity index (χ2n) is 8.09. The molecule has 9 nitrogen and oxygen atoms in total. The molecule has 2 N–H and O–H groups in total. The van der Waals surface area contributed by atoms with E-state index in [1.165, 1.54) is 37.3 Å². The average Bonchev–Trinajstić information content (AvgIpc) is 2.92. The van der Waals surface area contributed by atoms with Crippen LogP contribution in [0.3, 0.4) is 0 Å². The predicted molar refractivity (Wildman–Crippen MR) is 135 cm³/mol. The van der Waals surface area contributed by atoms with Crippen LogP contribution in [0.25, 0.3) is 0 Å². The normalized spacial score (nSPS) is 14.9. The molecule has 0 saturated heterocycles. The number of nitrogens with one attached hydrogen (secondary N) is 2. The summed E-state index contributed by atoms with van der Waals surface area (Å²) in [4.78, 5) is 27.8. The SMILES string of the molecule is CNS(=O)(=O)c1cc(C(=O)N2C[C@H](C(=O)NCCc3ccccc3)Oc3ccccc32)ccc1OC. The Balaban J connectivity index is 1.57. The smallest absolute Gasteiger partial charge is 0.262 e. The number of nitrogens with zero attached hydrogens (tertiary/aromatic N) is 1. The van der Waals surface area contributed by atoms with E-state index in [1.807, 2.05) is 30.3 Å². The summed E-state index contributed by atoms with van der Waals surface area (Å²) in [6.07, 6.45) is -0.272. The van der Waals surface area contributed by atoms with Gasteiger partial charge in [0.2, 0.25) is 10.0 Å². The minimum absolute atomic E-state index is 0.0346. The Morgan fingerprint density at radius 1 is 1.06 bits per heavy atom. The molecule has 3 aromatic rings. The van der Waals surface area contributed by atoms with Gasteiger partial charge < -0.3 is 19.7 Å². The van der Waals surface area contributed by atoms with Gasteiger partial charge in [-0.25, -0.2) is 13.1 Å². The molecule has 1 aliphatic heterocycles. The Hall–Kier alpha value is -3.89. The molecule has 0 saturated carbocycles. The monoisotopic (exact) mass is 509 g/mol. The molecule has 0 bridgehead atoms. The van der Waals surface area contributed by atoms with Gasteiger partial charge in [-0.3, -0.25) is 9.59 Å². The van der Waals surface area contributed by atoms with E-state index < -0.39 is 22.0 Å². The average molecular weight is 510 g/mol. The number of rotatable bonds is 8. The Morgan fingerprint density at radius 2 is 1.78 bits per heavy atom. The number of para-hydroxylation sites is 2. The molecule has 4 rings (SSSR count). The topological polar surface area (TPSA) is 114 Å². The van der Waals surface area contributed by atoms with Crippen molar-refractivity contribution < 1.29 is 27.5 Å². The summed E-state index contributed by atoms with van der Waals surface area (Å²) in [5.74, 6) is -0.315. The van der Waals surface area contributed by atoms with Crippen molar-refractivity contribution in [2.75, 3.05) is 32.1 Å². The van der Waals surface area contributed by atoms with E-state index in [0.717, 1.165) is 5.56 Å². The van der Waals surface area contributed by atoms with Gasteiger partial charge in [0.15, 0.2) is 6.10 Å². The zero-order valence-electron chi connectivity index (χ0n) is 19.9. The van der Waals surface area contributed by atoms with Crippen LogP contribution < -0.4 is 24.4 Å². The zero-order chi connectivity index (χ0) is 25.7. The minimum atomic E-state index is -3.88. The summed E-state index contributed by atoms with van der Waals surface area (Å²) in [6.45, 7) is 0.384. The molecule has 1 heterocycles. The van der Waals surface area contributed by atoms with Crippen molar-refractivity contribution in [1.82, 2.24) is 10.0 Å². The molecule has 10 heteroatoms. The molecular weight excluding hydrogens is 482 g/mol. The van der Waals surface area contributed by atoms with Gasteiger partial charge in [-0.15, -0.1) is 0 Å². The van der Waals surface area contributed by atoms with Gasteiger partial charge in [0.1, 0.15) is 16.4 Å². The number of carbonyl (C=O) groups excluding carboxylic acids is 2. The maximum Gasteiger partial charge on any atom is 0.262 e. The fourth-order valence-electron chi connectivity index (χ4n) is 3.94. The second kappa shape index (κ2) is 10.8. The maximum atomic E-state index is 13.6. The fraction of sp³-hybridized carbons (Fsp3) is 0.231. The summed E-state index contributed by atoms with van der Waals surface area (Å²) < 4.78 is 38.3. The van der Waals surface area contributed by atoms with Gasteiger partial charge in [-0.2, -0.15) is 0 Å². The molecule has 0 spiro atoms. The van der Waals surface area contributed by atoms with E-state index in [2.05, 4.69) is 10.0 Å². The number of fused-ring (bicyclic) bond motifs is 1. The van der Waals surface area contributed by atoms with Crippen LogP contribution in [-0.2, 0) is 21.2 Å². The number of ether oxygens (including phenoxy) is 2. The fourth-order valence-corrected chi connectivity index (χ4v) is 4.86. The summed E-state index contributed by atoms with van der Waals surface area (Å²) in [5, 5.41) is 2.88. The van der Waals surface area contributed by atoms with Crippen LogP contribution >= 0.6 is 0 Å². The Bertz CT molecular complexity index is 1360. The molecule has 0 fully saturated rings.